The van der Waals surface area contributed by atoms with Gasteiger partial charge in [-0.1, -0.05) is 20.8 Å². The Morgan fingerprint density at radius 3 is 2.50 bits per heavy atom. The van der Waals surface area contributed by atoms with Crippen LogP contribution in [0.2, 0.25) is 0 Å². The van der Waals surface area contributed by atoms with Crippen LogP contribution in [0.15, 0.2) is 0 Å². The number of hydrogen-bond donors (Lipinski definition) is 1. The Morgan fingerprint density at radius 1 is 1.44 bits per heavy atom. The van der Waals surface area contributed by atoms with Crippen molar-refractivity contribution in [3.8, 4) is 0 Å². The fourth-order valence-electron chi connectivity index (χ4n) is 2.25. The van der Waals surface area contributed by atoms with Crippen LogP contribution in [0.3, 0.4) is 0 Å². The normalized spacial score (nSPS) is 24.8. The lowest BCUT2D eigenvalue weighted by molar-refractivity contribution is -0.149. The van der Waals surface area contributed by atoms with Crippen LogP contribution in [-0.2, 0) is 14.3 Å². The van der Waals surface area contributed by atoms with Crippen molar-refractivity contribution in [2.45, 2.75) is 39.3 Å². The van der Waals surface area contributed by atoms with E-state index in [1.165, 1.54) is 12.0 Å². The molecule has 1 aliphatic rings. The summed E-state index contributed by atoms with van der Waals surface area (Å²) >= 11 is 0. The average molecular weight is 259 g/mol. The van der Waals surface area contributed by atoms with Gasteiger partial charge in [0.15, 0.2) is 0 Å². The number of carbonyl (C=O) groups is 2. The van der Waals surface area contributed by atoms with Crippen molar-refractivity contribution in [3.63, 3.8) is 0 Å². The number of carbonyl (C=O) groups excluding carboxylic acids is 1. The summed E-state index contributed by atoms with van der Waals surface area (Å²) in [6.07, 6.45) is -1.33. The van der Waals surface area contributed by atoms with E-state index in [0.29, 0.717) is 6.61 Å². The molecular formula is C12H21NO5. The van der Waals surface area contributed by atoms with Gasteiger partial charge in [0.2, 0.25) is 0 Å². The molecule has 0 aromatic carbocycles. The van der Waals surface area contributed by atoms with E-state index in [-0.39, 0.29) is 24.5 Å². The number of methoxy groups -OCH3 is 1. The van der Waals surface area contributed by atoms with Crippen LogP contribution < -0.4 is 0 Å². The van der Waals surface area contributed by atoms with E-state index in [4.69, 9.17) is 4.74 Å². The van der Waals surface area contributed by atoms with E-state index in [2.05, 4.69) is 4.74 Å². The van der Waals surface area contributed by atoms with E-state index >= 15 is 0 Å². The first-order valence-corrected chi connectivity index (χ1v) is 5.95. The number of morpholine rings is 1. The third-order valence-corrected chi connectivity index (χ3v) is 3.08. The van der Waals surface area contributed by atoms with Gasteiger partial charge in [-0.15, -0.1) is 0 Å². The van der Waals surface area contributed by atoms with Crippen molar-refractivity contribution in [3.05, 3.63) is 0 Å². The van der Waals surface area contributed by atoms with E-state index in [1.54, 1.807) is 0 Å². The van der Waals surface area contributed by atoms with Gasteiger partial charge in [-0.2, -0.15) is 0 Å². The molecular weight excluding hydrogens is 238 g/mol. The SMILES string of the molecule is COC(=O)CC1[C@H](C(C)(C)C)OCCN1C(=O)O. The Kier molecular flexibility index (Phi) is 4.56. The first-order chi connectivity index (χ1) is 8.27. The Hall–Kier alpha value is -1.30. The fraction of sp³-hybridized carbons (Fsp3) is 0.833. The molecule has 0 saturated carbocycles. The minimum absolute atomic E-state index is 0.0186. The molecule has 0 aliphatic carbocycles. The van der Waals surface area contributed by atoms with Crippen LogP contribution in [-0.4, -0.2) is 54.5 Å². The smallest absolute Gasteiger partial charge is 0.407 e. The number of rotatable bonds is 2. The van der Waals surface area contributed by atoms with E-state index in [0.717, 1.165) is 0 Å². The van der Waals surface area contributed by atoms with Crippen LogP contribution in [0.1, 0.15) is 27.2 Å². The molecule has 1 amide bonds. The maximum Gasteiger partial charge on any atom is 0.407 e. The number of carboxylic acid groups (broad SMARTS) is 1. The second-order valence-electron chi connectivity index (χ2n) is 5.48. The van der Waals surface area contributed by atoms with E-state index in [9.17, 15) is 14.7 Å². The van der Waals surface area contributed by atoms with Crippen molar-refractivity contribution < 1.29 is 24.2 Å². The lowest BCUT2D eigenvalue weighted by Gasteiger charge is -2.44. The zero-order valence-electron chi connectivity index (χ0n) is 11.3. The topological polar surface area (TPSA) is 76.1 Å². The molecule has 1 N–H and O–H groups in total. The minimum Gasteiger partial charge on any atom is -0.469 e. The van der Waals surface area contributed by atoms with Crippen LogP contribution in [0.25, 0.3) is 0 Å². The number of nitrogens with zero attached hydrogens (tertiary/aromatic N) is 1. The summed E-state index contributed by atoms with van der Waals surface area (Å²) in [4.78, 5) is 23.9. The molecule has 0 bridgehead atoms. The molecule has 1 saturated heterocycles. The largest absolute Gasteiger partial charge is 0.469 e. The van der Waals surface area contributed by atoms with E-state index < -0.39 is 18.1 Å². The molecule has 18 heavy (non-hydrogen) atoms. The predicted octanol–water partition coefficient (Wildman–Crippen LogP) is 1.34. The number of hydrogen-bond acceptors (Lipinski definition) is 4. The fourth-order valence-corrected chi connectivity index (χ4v) is 2.25. The molecule has 0 aromatic rings. The maximum atomic E-state index is 11.4. The minimum atomic E-state index is -1.03. The molecule has 1 unspecified atom stereocenters. The highest BCUT2D eigenvalue weighted by Crippen LogP contribution is 2.31. The van der Waals surface area contributed by atoms with Crippen molar-refractivity contribution in [1.29, 1.82) is 0 Å². The summed E-state index contributed by atoms with van der Waals surface area (Å²) in [5.41, 5.74) is -0.243. The number of amides is 1. The Bertz CT molecular complexity index is 323. The third kappa shape index (κ3) is 3.35. The molecule has 0 spiro atoms. The van der Waals surface area contributed by atoms with Crippen molar-refractivity contribution in [1.82, 2.24) is 4.90 Å². The molecule has 6 nitrogen and oxygen atoms in total. The summed E-state index contributed by atoms with van der Waals surface area (Å²) in [5.74, 6) is -0.425. The van der Waals surface area contributed by atoms with Crippen molar-refractivity contribution in [2.75, 3.05) is 20.3 Å². The number of ether oxygens (including phenoxy) is 2. The maximum absolute atomic E-state index is 11.4. The third-order valence-electron chi connectivity index (χ3n) is 3.08. The van der Waals surface area contributed by atoms with Gasteiger partial charge in [-0.05, 0) is 5.41 Å². The molecule has 6 heteroatoms. The number of esters is 1. The molecule has 104 valence electrons. The quantitative estimate of drug-likeness (QED) is 0.757. The summed E-state index contributed by atoms with van der Waals surface area (Å²) in [6, 6.07) is -0.497. The van der Waals surface area contributed by atoms with Gasteiger partial charge in [0.05, 0.1) is 32.3 Å². The first kappa shape index (κ1) is 14.8. The lowest BCUT2D eigenvalue weighted by atomic mass is 9.82. The van der Waals surface area contributed by atoms with Gasteiger partial charge in [0.1, 0.15) is 0 Å². The molecule has 0 radical (unpaired) electrons. The standard InChI is InChI=1S/C12H21NO5/c1-12(2,3)10-8(7-9(14)17-4)13(11(15)16)5-6-18-10/h8,10H,5-7H2,1-4H3,(H,15,16)/t8?,10-/m1/s1. The monoisotopic (exact) mass is 259 g/mol. The van der Waals surface area contributed by atoms with Crippen LogP contribution in [0.4, 0.5) is 4.79 Å². The van der Waals surface area contributed by atoms with Gasteiger partial charge < -0.3 is 14.6 Å². The van der Waals surface area contributed by atoms with Crippen molar-refractivity contribution >= 4 is 12.1 Å². The highest BCUT2D eigenvalue weighted by molar-refractivity contribution is 5.72. The van der Waals surface area contributed by atoms with Crippen molar-refractivity contribution in [2.24, 2.45) is 5.41 Å². The lowest BCUT2D eigenvalue weighted by Crippen LogP contribution is -2.58. The summed E-state index contributed by atoms with van der Waals surface area (Å²) in [5, 5.41) is 9.20. The van der Waals surface area contributed by atoms with Crippen LogP contribution >= 0.6 is 0 Å². The molecule has 0 aromatic heterocycles. The second-order valence-corrected chi connectivity index (χ2v) is 5.48. The Labute approximate surface area is 107 Å². The zero-order chi connectivity index (χ0) is 13.9. The highest BCUT2D eigenvalue weighted by atomic mass is 16.5. The van der Waals surface area contributed by atoms with Gasteiger partial charge in [0.25, 0.3) is 0 Å². The summed E-state index contributed by atoms with van der Waals surface area (Å²) in [6.45, 7) is 6.53. The molecule has 2 atom stereocenters. The van der Waals surface area contributed by atoms with Crippen LogP contribution in [0.5, 0.6) is 0 Å². The second kappa shape index (κ2) is 5.56. The highest BCUT2D eigenvalue weighted by Gasteiger charge is 2.42. The van der Waals surface area contributed by atoms with Gasteiger partial charge >= 0.3 is 12.1 Å². The average Bonchev–Trinajstić information content (AvgIpc) is 2.27. The molecule has 1 heterocycles. The van der Waals surface area contributed by atoms with Gasteiger partial charge in [-0.3, -0.25) is 9.69 Å². The van der Waals surface area contributed by atoms with Crippen LogP contribution in [0, 0.1) is 5.41 Å². The van der Waals surface area contributed by atoms with E-state index in [1.807, 2.05) is 20.8 Å². The molecule has 1 rings (SSSR count). The molecule has 1 aliphatic heterocycles. The van der Waals surface area contributed by atoms with Gasteiger partial charge in [0, 0.05) is 6.54 Å². The summed E-state index contributed by atoms with van der Waals surface area (Å²) in [7, 11) is 1.29. The predicted molar refractivity (Wildman–Crippen MR) is 64.3 cm³/mol. The Balaban J connectivity index is 2.94. The zero-order valence-corrected chi connectivity index (χ0v) is 11.3. The first-order valence-electron chi connectivity index (χ1n) is 5.95. The Morgan fingerprint density at radius 2 is 2.06 bits per heavy atom. The van der Waals surface area contributed by atoms with Gasteiger partial charge in [-0.25, -0.2) is 4.79 Å². The summed E-state index contributed by atoms with van der Waals surface area (Å²) < 4.78 is 10.3. The molecule has 1 fully saturated rings.